The predicted molar refractivity (Wildman–Crippen MR) is 86.1 cm³/mol. The zero-order valence-corrected chi connectivity index (χ0v) is 13.4. The van der Waals surface area contributed by atoms with Crippen LogP contribution in [0.5, 0.6) is 0 Å². The quantitative estimate of drug-likeness (QED) is 0.741. The van der Waals surface area contributed by atoms with Gasteiger partial charge in [0.05, 0.1) is 0 Å². The Morgan fingerprint density at radius 1 is 1.19 bits per heavy atom. The lowest BCUT2D eigenvalue weighted by atomic mass is 10.1. The standard InChI is InChI=1S/C17H17BrFNO/c1-13-9-15(11-16(19)10-13)17(21)20(8-7-18)12-14-5-3-2-4-6-14/h2-6,9-11H,7-8,12H2,1H3. The Morgan fingerprint density at radius 3 is 2.52 bits per heavy atom. The first-order chi connectivity index (χ1) is 10.1. The van der Waals surface area contributed by atoms with Gasteiger partial charge in [-0.05, 0) is 36.2 Å². The second-order valence-corrected chi connectivity index (χ2v) is 5.71. The van der Waals surface area contributed by atoms with Crippen molar-refractivity contribution in [3.63, 3.8) is 0 Å². The third-order valence-electron chi connectivity index (χ3n) is 3.15. The fraction of sp³-hybridized carbons (Fsp3) is 0.235. The largest absolute Gasteiger partial charge is 0.333 e. The first kappa shape index (κ1) is 15.7. The van der Waals surface area contributed by atoms with Crippen molar-refractivity contribution in [1.29, 1.82) is 0 Å². The number of carbonyl (C=O) groups is 1. The Labute approximate surface area is 132 Å². The number of halogens is 2. The third kappa shape index (κ3) is 4.39. The van der Waals surface area contributed by atoms with Crippen molar-refractivity contribution >= 4 is 21.8 Å². The van der Waals surface area contributed by atoms with Crippen LogP contribution < -0.4 is 0 Å². The molecule has 21 heavy (non-hydrogen) atoms. The van der Waals surface area contributed by atoms with E-state index in [2.05, 4.69) is 15.9 Å². The van der Waals surface area contributed by atoms with Crippen molar-refractivity contribution in [2.24, 2.45) is 0 Å². The van der Waals surface area contributed by atoms with Gasteiger partial charge in [0.2, 0.25) is 0 Å². The van der Waals surface area contributed by atoms with Gasteiger partial charge >= 0.3 is 0 Å². The highest BCUT2D eigenvalue weighted by atomic mass is 79.9. The van der Waals surface area contributed by atoms with Crippen LogP contribution in [-0.2, 0) is 6.54 Å². The van der Waals surface area contributed by atoms with Gasteiger partial charge in [-0.2, -0.15) is 0 Å². The first-order valence-electron chi connectivity index (χ1n) is 6.76. The summed E-state index contributed by atoms with van der Waals surface area (Å²) in [4.78, 5) is 14.3. The SMILES string of the molecule is Cc1cc(F)cc(C(=O)N(CCBr)Cc2ccccc2)c1. The maximum Gasteiger partial charge on any atom is 0.254 e. The number of alkyl halides is 1. The van der Waals surface area contributed by atoms with Crippen molar-refractivity contribution < 1.29 is 9.18 Å². The third-order valence-corrected chi connectivity index (χ3v) is 3.50. The zero-order valence-electron chi connectivity index (χ0n) is 11.9. The molecule has 0 spiro atoms. The molecule has 0 saturated carbocycles. The minimum Gasteiger partial charge on any atom is -0.333 e. The molecule has 2 rings (SSSR count). The highest BCUT2D eigenvalue weighted by Crippen LogP contribution is 2.14. The van der Waals surface area contributed by atoms with Crippen molar-refractivity contribution in [2.45, 2.75) is 13.5 Å². The summed E-state index contributed by atoms with van der Waals surface area (Å²) in [6, 6.07) is 14.2. The Hall–Kier alpha value is -1.68. The van der Waals surface area contributed by atoms with E-state index < -0.39 is 0 Å². The van der Waals surface area contributed by atoms with Gasteiger partial charge in [0, 0.05) is 24.0 Å². The molecule has 0 heterocycles. The van der Waals surface area contributed by atoms with Crippen molar-refractivity contribution in [1.82, 2.24) is 4.90 Å². The van der Waals surface area contributed by atoms with Crippen LogP contribution in [0.2, 0.25) is 0 Å². The van der Waals surface area contributed by atoms with Crippen molar-refractivity contribution in [3.8, 4) is 0 Å². The number of carbonyl (C=O) groups excluding carboxylic acids is 1. The molecule has 0 N–H and O–H groups in total. The van der Waals surface area contributed by atoms with Crippen molar-refractivity contribution in [3.05, 3.63) is 71.0 Å². The lowest BCUT2D eigenvalue weighted by molar-refractivity contribution is 0.0754. The number of rotatable bonds is 5. The van der Waals surface area contributed by atoms with Crippen LogP contribution >= 0.6 is 15.9 Å². The molecular formula is C17H17BrFNO. The van der Waals surface area contributed by atoms with Gasteiger partial charge in [-0.15, -0.1) is 0 Å². The average molecular weight is 350 g/mol. The Morgan fingerprint density at radius 2 is 1.90 bits per heavy atom. The predicted octanol–water partition coefficient (Wildman–Crippen LogP) is 4.17. The van der Waals surface area contributed by atoms with E-state index in [0.29, 0.717) is 24.0 Å². The van der Waals surface area contributed by atoms with E-state index in [0.717, 1.165) is 11.1 Å². The number of aryl methyl sites for hydroxylation is 1. The lowest BCUT2D eigenvalue weighted by Gasteiger charge is -2.22. The van der Waals surface area contributed by atoms with Gasteiger partial charge in [0.25, 0.3) is 5.91 Å². The van der Waals surface area contributed by atoms with Crippen LogP contribution in [0.15, 0.2) is 48.5 Å². The van der Waals surface area contributed by atoms with Crippen LogP contribution in [0.25, 0.3) is 0 Å². The van der Waals surface area contributed by atoms with E-state index >= 15 is 0 Å². The topological polar surface area (TPSA) is 20.3 Å². The molecule has 0 unspecified atom stereocenters. The minimum absolute atomic E-state index is 0.152. The Bertz CT molecular complexity index is 595. The molecule has 0 atom stereocenters. The zero-order chi connectivity index (χ0) is 15.2. The summed E-state index contributed by atoms with van der Waals surface area (Å²) < 4.78 is 13.5. The highest BCUT2D eigenvalue weighted by molar-refractivity contribution is 9.09. The summed E-state index contributed by atoms with van der Waals surface area (Å²) in [7, 11) is 0. The molecule has 110 valence electrons. The molecule has 0 radical (unpaired) electrons. The Kier molecular flexibility index (Phi) is 5.51. The van der Waals surface area contributed by atoms with E-state index in [1.807, 2.05) is 30.3 Å². The van der Waals surface area contributed by atoms with E-state index in [-0.39, 0.29) is 11.7 Å². The van der Waals surface area contributed by atoms with E-state index in [9.17, 15) is 9.18 Å². The second-order valence-electron chi connectivity index (χ2n) is 4.92. The highest BCUT2D eigenvalue weighted by Gasteiger charge is 2.16. The smallest absolute Gasteiger partial charge is 0.254 e. The van der Waals surface area contributed by atoms with Crippen LogP contribution in [-0.4, -0.2) is 22.7 Å². The summed E-state index contributed by atoms with van der Waals surface area (Å²) in [5.74, 6) is -0.530. The van der Waals surface area contributed by atoms with Gasteiger partial charge in [0.1, 0.15) is 5.82 Å². The maximum absolute atomic E-state index is 13.5. The van der Waals surface area contributed by atoms with Gasteiger partial charge in [0.15, 0.2) is 0 Å². The second kappa shape index (κ2) is 7.36. The first-order valence-corrected chi connectivity index (χ1v) is 7.88. The molecule has 0 bridgehead atoms. The summed E-state index contributed by atoms with van der Waals surface area (Å²) in [5.41, 5.74) is 2.20. The molecule has 0 saturated heterocycles. The van der Waals surface area contributed by atoms with Gasteiger partial charge in [-0.25, -0.2) is 4.39 Å². The number of benzene rings is 2. The van der Waals surface area contributed by atoms with E-state index in [1.54, 1.807) is 17.9 Å². The molecule has 0 fully saturated rings. The molecule has 0 aromatic heterocycles. The molecule has 2 aromatic carbocycles. The van der Waals surface area contributed by atoms with E-state index in [4.69, 9.17) is 0 Å². The maximum atomic E-state index is 13.5. The molecule has 2 aromatic rings. The normalized spacial score (nSPS) is 10.4. The molecular weight excluding hydrogens is 333 g/mol. The van der Waals surface area contributed by atoms with Crippen molar-refractivity contribution in [2.75, 3.05) is 11.9 Å². The number of hydrogen-bond donors (Lipinski definition) is 0. The lowest BCUT2D eigenvalue weighted by Crippen LogP contribution is -2.32. The average Bonchev–Trinajstić information content (AvgIpc) is 2.46. The number of nitrogens with zero attached hydrogens (tertiary/aromatic N) is 1. The summed E-state index contributed by atoms with van der Waals surface area (Å²) in [6.07, 6.45) is 0. The minimum atomic E-state index is -0.378. The van der Waals surface area contributed by atoms with Gasteiger partial charge in [-0.1, -0.05) is 46.3 Å². The number of amides is 1. The molecule has 0 aliphatic rings. The summed E-state index contributed by atoms with van der Waals surface area (Å²) >= 11 is 3.37. The fourth-order valence-electron chi connectivity index (χ4n) is 2.20. The molecule has 2 nitrogen and oxygen atoms in total. The molecule has 0 aliphatic heterocycles. The monoisotopic (exact) mass is 349 g/mol. The van der Waals surface area contributed by atoms with Gasteiger partial charge in [-0.3, -0.25) is 4.79 Å². The molecule has 0 aliphatic carbocycles. The number of hydrogen-bond acceptors (Lipinski definition) is 1. The molecule has 1 amide bonds. The summed E-state index contributed by atoms with van der Waals surface area (Å²) in [5, 5.41) is 0.680. The van der Waals surface area contributed by atoms with Crippen LogP contribution in [0.1, 0.15) is 21.5 Å². The van der Waals surface area contributed by atoms with E-state index in [1.165, 1.54) is 12.1 Å². The van der Waals surface area contributed by atoms with Crippen LogP contribution in [0.4, 0.5) is 4.39 Å². The van der Waals surface area contributed by atoms with Gasteiger partial charge < -0.3 is 4.90 Å². The van der Waals surface area contributed by atoms with Crippen LogP contribution in [0.3, 0.4) is 0 Å². The summed E-state index contributed by atoms with van der Waals surface area (Å²) in [6.45, 7) is 2.87. The molecule has 4 heteroatoms. The fourth-order valence-corrected chi connectivity index (χ4v) is 2.63. The van der Waals surface area contributed by atoms with Crippen LogP contribution in [0, 0.1) is 12.7 Å². The Balaban J connectivity index is 2.22.